The molecule has 0 spiro atoms. The molecule has 1 heterocycles. The van der Waals surface area contributed by atoms with Gasteiger partial charge in [-0.05, 0) is 31.2 Å². The van der Waals surface area contributed by atoms with Gasteiger partial charge in [0.25, 0.3) is 5.91 Å². The predicted octanol–water partition coefficient (Wildman–Crippen LogP) is 3.28. The molecule has 0 unspecified atom stereocenters. The molecule has 1 aromatic heterocycles. The minimum absolute atomic E-state index is 0.258. The van der Waals surface area contributed by atoms with Crippen LogP contribution >= 0.6 is 0 Å². The Labute approximate surface area is 154 Å². The third kappa shape index (κ3) is 4.38. The van der Waals surface area contributed by atoms with E-state index in [1.807, 2.05) is 18.2 Å². The number of para-hydroxylation sites is 3. The fourth-order valence-electron chi connectivity index (χ4n) is 2.29. The summed E-state index contributed by atoms with van der Waals surface area (Å²) in [5.74, 6) is -0.997. The molecule has 3 aromatic rings. The molecule has 0 fully saturated rings. The van der Waals surface area contributed by atoms with Crippen molar-refractivity contribution in [3.8, 4) is 6.07 Å². The number of carbonyl (C=O) groups is 2. The third-order valence-corrected chi connectivity index (χ3v) is 3.64. The summed E-state index contributed by atoms with van der Waals surface area (Å²) in [5, 5.41) is 11.6. The topological polar surface area (TPSA) is 105 Å². The van der Waals surface area contributed by atoms with Gasteiger partial charge in [-0.3, -0.25) is 4.79 Å². The number of hydrogen-bond acceptors (Lipinski definition) is 6. The minimum atomic E-state index is -1.04. The molecule has 0 radical (unpaired) electrons. The zero-order valence-electron chi connectivity index (χ0n) is 14.4. The van der Waals surface area contributed by atoms with Crippen LogP contribution in [0, 0.1) is 11.3 Å². The van der Waals surface area contributed by atoms with Gasteiger partial charge in [0, 0.05) is 12.2 Å². The summed E-state index contributed by atoms with van der Waals surface area (Å²) in [7, 11) is 0. The Bertz CT molecular complexity index is 1030. The van der Waals surface area contributed by atoms with E-state index in [2.05, 4.69) is 10.3 Å². The van der Waals surface area contributed by atoms with Crippen molar-refractivity contribution in [2.24, 2.45) is 0 Å². The maximum absolute atomic E-state index is 12.2. The molecule has 7 heteroatoms. The average molecular weight is 361 g/mol. The van der Waals surface area contributed by atoms with Crippen LogP contribution in [-0.4, -0.2) is 23.0 Å². The fraction of sp³-hybridized carbons (Fsp3) is 0.100. The maximum Gasteiger partial charge on any atom is 0.331 e. The summed E-state index contributed by atoms with van der Waals surface area (Å²) in [6.07, 6.45) is 1.47. The number of benzene rings is 2. The molecule has 2 aromatic carbocycles. The molecule has 134 valence electrons. The van der Waals surface area contributed by atoms with Crippen LogP contribution in [0.15, 0.2) is 59.0 Å². The van der Waals surface area contributed by atoms with E-state index < -0.39 is 18.0 Å². The second kappa shape index (κ2) is 7.97. The predicted molar refractivity (Wildman–Crippen MR) is 98.4 cm³/mol. The molecule has 7 nitrogen and oxygen atoms in total. The monoisotopic (exact) mass is 361 g/mol. The highest BCUT2D eigenvalue weighted by atomic mass is 16.5. The van der Waals surface area contributed by atoms with Gasteiger partial charge in [-0.1, -0.05) is 24.3 Å². The minimum Gasteiger partial charge on any atom is -0.449 e. The number of anilines is 1. The molecule has 27 heavy (non-hydrogen) atoms. The first-order valence-corrected chi connectivity index (χ1v) is 8.11. The van der Waals surface area contributed by atoms with E-state index >= 15 is 0 Å². The number of hydrogen-bond donors (Lipinski definition) is 1. The molecular weight excluding hydrogens is 346 g/mol. The largest absolute Gasteiger partial charge is 0.449 e. The van der Waals surface area contributed by atoms with Crippen molar-refractivity contribution in [1.82, 2.24) is 4.98 Å². The van der Waals surface area contributed by atoms with Crippen LogP contribution in [0.2, 0.25) is 0 Å². The lowest BCUT2D eigenvalue weighted by Gasteiger charge is -2.12. The van der Waals surface area contributed by atoms with Gasteiger partial charge in [-0.15, -0.1) is 0 Å². The molecule has 1 atom stereocenters. The van der Waals surface area contributed by atoms with E-state index in [1.165, 1.54) is 13.0 Å². The van der Waals surface area contributed by atoms with Gasteiger partial charge in [-0.25, -0.2) is 9.78 Å². The van der Waals surface area contributed by atoms with E-state index in [0.717, 1.165) is 6.08 Å². The number of nitrogens with zero attached hydrogens (tertiary/aromatic N) is 2. The van der Waals surface area contributed by atoms with Gasteiger partial charge < -0.3 is 14.5 Å². The van der Waals surface area contributed by atoms with Crippen molar-refractivity contribution in [2.75, 3.05) is 5.32 Å². The number of nitrogens with one attached hydrogen (secondary N) is 1. The maximum atomic E-state index is 12.2. The van der Waals surface area contributed by atoms with Crippen molar-refractivity contribution in [2.45, 2.75) is 13.0 Å². The summed E-state index contributed by atoms with van der Waals surface area (Å²) in [4.78, 5) is 28.3. The zero-order valence-corrected chi connectivity index (χ0v) is 14.4. The normalized spacial score (nSPS) is 11.9. The van der Waals surface area contributed by atoms with Crippen LogP contribution in [-0.2, 0) is 14.3 Å². The van der Waals surface area contributed by atoms with Crippen molar-refractivity contribution < 1.29 is 18.7 Å². The Morgan fingerprint density at radius 1 is 1.22 bits per heavy atom. The van der Waals surface area contributed by atoms with E-state index in [0.29, 0.717) is 22.4 Å². The first-order chi connectivity index (χ1) is 13.1. The van der Waals surface area contributed by atoms with E-state index in [9.17, 15) is 9.59 Å². The van der Waals surface area contributed by atoms with Gasteiger partial charge in [-0.2, -0.15) is 5.26 Å². The molecule has 1 N–H and O–H groups in total. The van der Waals surface area contributed by atoms with Crippen molar-refractivity contribution in [3.63, 3.8) is 0 Å². The number of aromatic nitrogens is 1. The van der Waals surface area contributed by atoms with Gasteiger partial charge in [0.05, 0.1) is 11.3 Å². The van der Waals surface area contributed by atoms with Crippen molar-refractivity contribution in [1.29, 1.82) is 5.26 Å². The fourth-order valence-corrected chi connectivity index (χ4v) is 2.29. The molecule has 0 saturated heterocycles. The Morgan fingerprint density at radius 2 is 1.96 bits per heavy atom. The van der Waals surface area contributed by atoms with Gasteiger partial charge in [0.15, 0.2) is 11.7 Å². The lowest BCUT2D eigenvalue weighted by atomic mass is 10.2. The SMILES string of the molecule is C[C@H](OC(=O)/C=C/c1nc2ccccc2o1)C(=O)Nc1ccccc1C#N. The Balaban J connectivity index is 1.59. The van der Waals surface area contributed by atoms with Crippen molar-refractivity contribution >= 4 is 34.7 Å². The zero-order chi connectivity index (χ0) is 19.2. The summed E-state index contributed by atoms with van der Waals surface area (Å²) < 4.78 is 10.5. The van der Waals surface area contributed by atoms with Crippen LogP contribution < -0.4 is 5.32 Å². The molecular formula is C20H15N3O4. The van der Waals surface area contributed by atoms with Gasteiger partial charge >= 0.3 is 5.97 Å². The third-order valence-electron chi connectivity index (χ3n) is 3.64. The molecule has 0 aliphatic heterocycles. The Morgan fingerprint density at radius 3 is 2.74 bits per heavy atom. The number of nitriles is 1. The number of esters is 1. The molecule has 0 aliphatic carbocycles. The molecule has 1 amide bonds. The standard InChI is InChI=1S/C20H15N3O4/c1-13(20(25)23-15-7-3-2-6-14(15)12-21)26-19(24)11-10-18-22-16-8-4-5-9-17(16)27-18/h2-11,13H,1H3,(H,23,25)/b11-10+/t13-/m0/s1. The lowest BCUT2D eigenvalue weighted by molar-refractivity contribution is -0.148. The number of oxazole rings is 1. The van der Waals surface area contributed by atoms with E-state index in [4.69, 9.17) is 14.4 Å². The van der Waals surface area contributed by atoms with Crippen LogP contribution in [0.4, 0.5) is 5.69 Å². The van der Waals surface area contributed by atoms with E-state index in [1.54, 1.807) is 36.4 Å². The molecule has 0 saturated carbocycles. The number of amides is 1. The van der Waals surface area contributed by atoms with E-state index in [-0.39, 0.29) is 5.89 Å². The number of ether oxygens (including phenoxy) is 1. The summed E-state index contributed by atoms with van der Waals surface area (Å²) >= 11 is 0. The quantitative estimate of drug-likeness (QED) is 0.552. The number of rotatable bonds is 5. The summed E-state index contributed by atoms with van der Waals surface area (Å²) in [6.45, 7) is 1.44. The average Bonchev–Trinajstić information content (AvgIpc) is 3.09. The van der Waals surface area contributed by atoms with Crippen molar-refractivity contribution in [3.05, 3.63) is 66.1 Å². The number of fused-ring (bicyclic) bond motifs is 1. The van der Waals surface area contributed by atoms with Crippen LogP contribution in [0.3, 0.4) is 0 Å². The highest BCUT2D eigenvalue weighted by Gasteiger charge is 2.18. The van der Waals surface area contributed by atoms with Crippen LogP contribution in [0.1, 0.15) is 18.4 Å². The molecule has 3 rings (SSSR count). The lowest BCUT2D eigenvalue weighted by Crippen LogP contribution is -2.29. The Kier molecular flexibility index (Phi) is 5.28. The second-order valence-electron chi connectivity index (χ2n) is 5.58. The Hall–Kier alpha value is -3.92. The highest BCUT2D eigenvalue weighted by molar-refractivity contribution is 5.97. The highest BCUT2D eigenvalue weighted by Crippen LogP contribution is 2.16. The molecule has 0 aliphatic rings. The number of carbonyl (C=O) groups excluding carboxylic acids is 2. The first kappa shape index (κ1) is 17.9. The second-order valence-corrected chi connectivity index (χ2v) is 5.58. The summed E-state index contributed by atoms with van der Waals surface area (Å²) in [5.41, 5.74) is 1.96. The smallest absolute Gasteiger partial charge is 0.331 e. The van der Waals surface area contributed by atoms with Crippen LogP contribution in [0.5, 0.6) is 0 Å². The summed E-state index contributed by atoms with van der Waals surface area (Å²) in [6, 6.07) is 15.7. The molecule has 0 bridgehead atoms. The van der Waals surface area contributed by atoms with Crippen LogP contribution in [0.25, 0.3) is 17.2 Å². The van der Waals surface area contributed by atoms with Gasteiger partial charge in [0.2, 0.25) is 5.89 Å². The van der Waals surface area contributed by atoms with Gasteiger partial charge in [0.1, 0.15) is 11.6 Å². The first-order valence-electron chi connectivity index (χ1n) is 8.11.